The van der Waals surface area contributed by atoms with Gasteiger partial charge in [0.2, 0.25) is 5.91 Å². The Morgan fingerprint density at radius 3 is 2.78 bits per heavy atom. The molecule has 0 fully saturated rings. The molecule has 2 rings (SSSR count). The molecular weight excluding hydrogens is 299 g/mol. The standard InChI is InChI=1S/C16H21FN4O2/c1-10(7-12-5-4-6-13(17)9-12)8-14(22)18-11(2)15-19-20-16(23)21(15)3/h4-6,9-11H,7-8H2,1-3H3,(H,18,22)(H,20,23). The van der Waals surface area contributed by atoms with Gasteiger partial charge in [-0.1, -0.05) is 19.1 Å². The van der Waals surface area contributed by atoms with Crippen molar-refractivity contribution in [2.45, 2.75) is 32.7 Å². The van der Waals surface area contributed by atoms with Crippen molar-refractivity contribution in [3.05, 3.63) is 52.0 Å². The summed E-state index contributed by atoms with van der Waals surface area (Å²) in [7, 11) is 1.59. The summed E-state index contributed by atoms with van der Waals surface area (Å²) in [6.07, 6.45) is 0.944. The Morgan fingerprint density at radius 1 is 1.43 bits per heavy atom. The minimum Gasteiger partial charge on any atom is -0.346 e. The van der Waals surface area contributed by atoms with Crippen molar-refractivity contribution in [3.63, 3.8) is 0 Å². The summed E-state index contributed by atoms with van der Waals surface area (Å²) >= 11 is 0. The number of hydrogen-bond acceptors (Lipinski definition) is 3. The Kier molecular flexibility index (Phi) is 5.31. The Morgan fingerprint density at radius 2 is 2.17 bits per heavy atom. The quantitative estimate of drug-likeness (QED) is 0.850. The second kappa shape index (κ2) is 7.21. The van der Waals surface area contributed by atoms with Crippen LogP contribution in [0.2, 0.25) is 0 Å². The Balaban J connectivity index is 1.89. The number of H-pyrrole nitrogens is 1. The maximum atomic E-state index is 13.2. The van der Waals surface area contributed by atoms with Crippen LogP contribution in [0.4, 0.5) is 4.39 Å². The third-order valence-corrected chi connectivity index (χ3v) is 3.69. The highest BCUT2D eigenvalue weighted by Crippen LogP contribution is 2.14. The maximum absolute atomic E-state index is 13.2. The predicted molar refractivity (Wildman–Crippen MR) is 84.3 cm³/mol. The van der Waals surface area contributed by atoms with E-state index in [0.717, 1.165) is 5.56 Å². The molecule has 1 aromatic heterocycles. The molecule has 1 aromatic carbocycles. The van der Waals surface area contributed by atoms with Crippen molar-refractivity contribution >= 4 is 5.91 Å². The number of aromatic nitrogens is 3. The number of hydrogen-bond donors (Lipinski definition) is 2. The lowest BCUT2D eigenvalue weighted by molar-refractivity contribution is -0.122. The first-order valence-electron chi connectivity index (χ1n) is 7.52. The maximum Gasteiger partial charge on any atom is 0.343 e. The molecule has 2 unspecified atom stereocenters. The van der Waals surface area contributed by atoms with Crippen molar-refractivity contribution in [1.29, 1.82) is 0 Å². The van der Waals surface area contributed by atoms with Gasteiger partial charge in [-0.25, -0.2) is 14.3 Å². The molecule has 0 aliphatic heterocycles. The molecular formula is C16H21FN4O2. The van der Waals surface area contributed by atoms with Crippen LogP contribution in [-0.2, 0) is 18.3 Å². The number of nitrogens with zero attached hydrogens (tertiary/aromatic N) is 2. The molecule has 7 heteroatoms. The molecule has 0 aliphatic carbocycles. The zero-order valence-electron chi connectivity index (χ0n) is 13.5. The Bertz CT molecular complexity index is 738. The van der Waals surface area contributed by atoms with Crippen LogP contribution in [0.1, 0.15) is 37.7 Å². The summed E-state index contributed by atoms with van der Waals surface area (Å²) in [5.74, 6) is 0.150. The molecule has 0 aliphatic rings. The first kappa shape index (κ1) is 16.9. The van der Waals surface area contributed by atoms with Crippen LogP contribution >= 0.6 is 0 Å². The highest BCUT2D eigenvalue weighted by molar-refractivity contribution is 5.76. The van der Waals surface area contributed by atoms with E-state index >= 15 is 0 Å². The first-order chi connectivity index (χ1) is 10.9. The number of carbonyl (C=O) groups is 1. The van der Waals surface area contributed by atoms with E-state index in [-0.39, 0.29) is 29.4 Å². The number of rotatable bonds is 6. The van der Waals surface area contributed by atoms with Gasteiger partial charge in [0.15, 0.2) is 5.82 Å². The summed E-state index contributed by atoms with van der Waals surface area (Å²) < 4.78 is 14.5. The molecule has 2 atom stereocenters. The Hall–Kier alpha value is -2.44. The third kappa shape index (κ3) is 4.51. The van der Waals surface area contributed by atoms with E-state index in [9.17, 15) is 14.0 Å². The number of amides is 1. The van der Waals surface area contributed by atoms with Crippen molar-refractivity contribution in [3.8, 4) is 0 Å². The van der Waals surface area contributed by atoms with Crippen LogP contribution in [0.15, 0.2) is 29.1 Å². The van der Waals surface area contributed by atoms with Crippen molar-refractivity contribution < 1.29 is 9.18 Å². The average Bonchev–Trinajstić information content (AvgIpc) is 2.78. The van der Waals surface area contributed by atoms with E-state index in [2.05, 4.69) is 15.5 Å². The van der Waals surface area contributed by atoms with Crippen LogP contribution in [0, 0.1) is 11.7 Å². The van der Waals surface area contributed by atoms with Gasteiger partial charge in [0, 0.05) is 13.5 Å². The topological polar surface area (TPSA) is 79.8 Å². The fraction of sp³-hybridized carbons (Fsp3) is 0.438. The van der Waals surface area contributed by atoms with Crippen LogP contribution in [0.25, 0.3) is 0 Å². The van der Waals surface area contributed by atoms with E-state index in [0.29, 0.717) is 18.7 Å². The number of carbonyl (C=O) groups excluding carboxylic acids is 1. The molecule has 1 amide bonds. The zero-order valence-corrected chi connectivity index (χ0v) is 13.5. The summed E-state index contributed by atoms with van der Waals surface area (Å²) in [5.41, 5.74) is 0.550. The number of nitrogens with one attached hydrogen (secondary N) is 2. The van der Waals surface area contributed by atoms with E-state index in [4.69, 9.17) is 0 Å². The lowest BCUT2D eigenvalue weighted by Gasteiger charge is -2.15. The van der Waals surface area contributed by atoms with Gasteiger partial charge < -0.3 is 5.32 Å². The summed E-state index contributed by atoms with van der Waals surface area (Å²) in [5, 5.41) is 9.06. The number of benzene rings is 1. The molecule has 0 spiro atoms. The first-order valence-corrected chi connectivity index (χ1v) is 7.52. The van der Waals surface area contributed by atoms with E-state index in [1.807, 2.05) is 13.0 Å². The van der Waals surface area contributed by atoms with E-state index in [1.54, 1.807) is 20.0 Å². The molecule has 1 heterocycles. The number of aromatic amines is 1. The van der Waals surface area contributed by atoms with Gasteiger partial charge in [-0.15, -0.1) is 0 Å². The molecule has 0 saturated carbocycles. The number of halogens is 1. The van der Waals surface area contributed by atoms with Crippen molar-refractivity contribution in [2.75, 3.05) is 0 Å². The van der Waals surface area contributed by atoms with Gasteiger partial charge in [0.25, 0.3) is 0 Å². The SMILES string of the molecule is CC(CC(=O)NC(C)c1n[nH]c(=O)n1C)Cc1cccc(F)c1. The molecule has 124 valence electrons. The molecule has 2 aromatic rings. The van der Waals surface area contributed by atoms with Crippen LogP contribution in [0.5, 0.6) is 0 Å². The molecule has 23 heavy (non-hydrogen) atoms. The normalized spacial score (nSPS) is 13.6. The van der Waals surface area contributed by atoms with Crippen LogP contribution in [0.3, 0.4) is 0 Å². The molecule has 0 bridgehead atoms. The molecule has 0 saturated heterocycles. The minimum atomic E-state index is -0.368. The second-order valence-electron chi connectivity index (χ2n) is 5.88. The van der Waals surface area contributed by atoms with E-state index < -0.39 is 0 Å². The van der Waals surface area contributed by atoms with Gasteiger partial charge in [-0.3, -0.25) is 9.36 Å². The highest BCUT2D eigenvalue weighted by Gasteiger charge is 2.17. The molecule has 6 nitrogen and oxygen atoms in total. The van der Waals surface area contributed by atoms with E-state index in [1.165, 1.54) is 16.7 Å². The lowest BCUT2D eigenvalue weighted by atomic mass is 9.97. The predicted octanol–water partition coefficient (Wildman–Crippen LogP) is 1.69. The third-order valence-electron chi connectivity index (χ3n) is 3.69. The van der Waals surface area contributed by atoms with Crippen molar-refractivity contribution in [2.24, 2.45) is 13.0 Å². The largest absolute Gasteiger partial charge is 0.346 e. The fourth-order valence-electron chi connectivity index (χ4n) is 2.57. The smallest absolute Gasteiger partial charge is 0.343 e. The monoisotopic (exact) mass is 320 g/mol. The van der Waals surface area contributed by atoms with Gasteiger partial charge >= 0.3 is 5.69 Å². The van der Waals surface area contributed by atoms with Gasteiger partial charge in [-0.2, -0.15) is 5.10 Å². The summed E-state index contributed by atoms with van der Waals surface area (Å²) in [6.45, 7) is 3.71. The highest BCUT2D eigenvalue weighted by atomic mass is 19.1. The van der Waals surface area contributed by atoms with Gasteiger partial charge in [-0.05, 0) is 37.0 Å². The lowest BCUT2D eigenvalue weighted by Crippen LogP contribution is -2.30. The summed E-state index contributed by atoms with van der Waals surface area (Å²) in [6, 6.07) is 6.03. The summed E-state index contributed by atoms with van der Waals surface area (Å²) in [4.78, 5) is 23.4. The molecule has 0 radical (unpaired) electrons. The molecule has 2 N–H and O–H groups in total. The average molecular weight is 320 g/mol. The fourth-order valence-corrected chi connectivity index (χ4v) is 2.57. The van der Waals surface area contributed by atoms with Crippen LogP contribution < -0.4 is 11.0 Å². The Labute approximate surface area is 133 Å². The zero-order chi connectivity index (χ0) is 17.0. The van der Waals surface area contributed by atoms with Crippen LogP contribution in [-0.4, -0.2) is 20.7 Å². The van der Waals surface area contributed by atoms with Gasteiger partial charge in [0.05, 0.1) is 6.04 Å². The van der Waals surface area contributed by atoms with Crippen molar-refractivity contribution in [1.82, 2.24) is 20.1 Å². The second-order valence-corrected chi connectivity index (χ2v) is 5.88. The minimum absolute atomic E-state index is 0.0759. The van der Waals surface area contributed by atoms with Gasteiger partial charge in [0.1, 0.15) is 5.82 Å².